The van der Waals surface area contributed by atoms with Crippen molar-refractivity contribution in [2.45, 2.75) is 6.42 Å². The number of aromatic nitrogens is 2. The number of allylic oxidation sites excluding steroid dienone is 1. The predicted molar refractivity (Wildman–Crippen MR) is 117 cm³/mol. The lowest BCUT2D eigenvalue weighted by atomic mass is 9.95. The molecular formula is C24H19N3O3. The topological polar surface area (TPSA) is 102 Å². The number of phenolic OH excluding ortho intramolecular Hbond substituents is 1. The van der Waals surface area contributed by atoms with E-state index in [1.54, 1.807) is 24.4 Å². The van der Waals surface area contributed by atoms with Gasteiger partial charge in [-0.1, -0.05) is 30.3 Å². The van der Waals surface area contributed by atoms with Crippen LogP contribution in [-0.2, 0) is 6.42 Å². The van der Waals surface area contributed by atoms with Crippen molar-refractivity contribution in [2.24, 2.45) is 0 Å². The number of hydrogen-bond donors (Lipinski definition) is 3. The Balaban J connectivity index is 1.86. The molecule has 0 bridgehead atoms. The van der Waals surface area contributed by atoms with E-state index in [4.69, 9.17) is 4.74 Å². The molecule has 0 amide bonds. The molecule has 0 unspecified atom stereocenters. The van der Waals surface area contributed by atoms with Gasteiger partial charge in [-0.25, -0.2) is 0 Å². The van der Waals surface area contributed by atoms with Gasteiger partial charge in [-0.3, -0.25) is 4.79 Å². The van der Waals surface area contributed by atoms with E-state index in [-0.39, 0.29) is 11.3 Å². The van der Waals surface area contributed by atoms with Crippen molar-refractivity contribution >= 4 is 11.0 Å². The molecule has 0 spiro atoms. The zero-order chi connectivity index (χ0) is 21.3. The maximum absolute atomic E-state index is 12.3. The zero-order valence-electron chi connectivity index (χ0n) is 16.3. The summed E-state index contributed by atoms with van der Waals surface area (Å²) in [5.41, 5.74) is 4.61. The van der Waals surface area contributed by atoms with Crippen molar-refractivity contribution in [1.82, 2.24) is 9.97 Å². The summed E-state index contributed by atoms with van der Waals surface area (Å²) < 4.78 is 5.31. The van der Waals surface area contributed by atoms with Gasteiger partial charge in [-0.2, -0.15) is 5.26 Å². The second-order valence-corrected chi connectivity index (χ2v) is 6.85. The summed E-state index contributed by atoms with van der Waals surface area (Å²) in [6.07, 6.45) is 4.15. The number of rotatable bonds is 5. The molecule has 0 atom stereocenters. The third-order valence-electron chi connectivity index (χ3n) is 5.05. The molecule has 3 N–H and O–H groups in total. The fraction of sp³-hybridized carbons (Fsp3) is 0.0833. The number of phenols is 1. The third kappa shape index (κ3) is 3.12. The fourth-order valence-corrected chi connectivity index (χ4v) is 3.64. The largest absolute Gasteiger partial charge is 0.504 e. The fourth-order valence-electron chi connectivity index (χ4n) is 3.64. The smallest absolute Gasteiger partial charge is 0.267 e. The second-order valence-electron chi connectivity index (χ2n) is 6.85. The first-order chi connectivity index (χ1) is 14.6. The highest BCUT2D eigenvalue weighted by Gasteiger charge is 2.17. The number of benzene rings is 2. The molecule has 0 aliphatic heterocycles. The number of nitriles is 1. The molecule has 6 nitrogen and oxygen atoms in total. The van der Waals surface area contributed by atoms with Gasteiger partial charge in [0.1, 0.15) is 11.6 Å². The normalized spacial score (nSPS) is 10.7. The SMILES string of the molecule is C=CCc1cc(OC)c(O)c(-c2ccc(-c3c(C#N)c(=O)[nH]c4cc[nH]c34)cc2)c1. The minimum Gasteiger partial charge on any atom is -0.504 e. The van der Waals surface area contributed by atoms with Crippen LogP contribution >= 0.6 is 0 Å². The first kappa shape index (κ1) is 19.1. The molecule has 0 saturated heterocycles. The molecule has 2 aromatic carbocycles. The summed E-state index contributed by atoms with van der Waals surface area (Å²) in [4.78, 5) is 18.1. The molecule has 4 rings (SSSR count). The van der Waals surface area contributed by atoms with Crippen LogP contribution in [0.5, 0.6) is 11.5 Å². The summed E-state index contributed by atoms with van der Waals surface area (Å²) in [5, 5.41) is 20.1. The molecule has 0 radical (unpaired) electrons. The Morgan fingerprint density at radius 1 is 1.20 bits per heavy atom. The van der Waals surface area contributed by atoms with E-state index in [9.17, 15) is 15.2 Å². The van der Waals surface area contributed by atoms with Crippen molar-refractivity contribution in [3.63, 3.8) is 0 Å². The van der Waals surface area contributed by atoms with Crippen LogP contribution in [0.3, 0.4) is 0 Å². The number of nitrogens with zero attached hydrogens (tertiary/aromatic N) is 1. The van der Waals surface area contributed by atoms with Gasteiger partial charge in [0.2, 0.25) is 0 Å². The number of nitrogens with one attached hydrogen (secondary N) is 2. The molecule has 30 heavy (non-hydrogen) atoms. The number of fused-ring (bicyclic) bond motifs is 1. The Morgan fingerprint density at radius 3 is 2.60 bits per heavy atom. The first-order valence-electron chi connectivity index (χ1n) is 9.32. The van der Waals surface area contributed by atoms with E-state index < -0.39 is 5.56 Å². The summed E-state index contributed by atoms with van der Waals surface area (Å²) >= 11 is 0. The van der Waals surface area contributed by atoms with E-state index in [0.717, 1.165) is 16.7 Å². The van der Waals surface area contributed by atoms with E-state index in [0.29, 0.717) is 34.3 Å². The number of ether oxygens (including phenoxy) is 1. The van der Waals surface area contributed by atoms with Gasteiger partial charge in [0, 0.05) is 17.3 Å². The Hall–Kier alpha value is -4.24. The second kappa shape index (κ2) is 7.64. The van der Waals surface area contributed by atoms with Gasteiger partial charge in [-0.05, 0) is 41.3 Å². The van der Waals surface area contributed by atoms with Gasteiger partial charge in [0.05, 0.1) is 18.1 Å². The predicted octanol–water partition coefficient (Wildman–Crippen LogP) is 4.50. The monoisotopic (exact) mass is 397 g/mol. The molecule has 2 aromatic heterocycles. The van der Waals surface area contributed by atoms with Crippen molar-refractivity contribution in [3.8, 4) is 39.8 Å². The highest BCUT2D eigenvalue weighted by Crippen LogP contribution is 2.39. The van der Waals surface area contributed by atoms with Crippen LogP contribution in [0.4, 0.5) is 0 Å². The van der Waals surface area contributed by atoms with Crippen LogP contribution in [0.1, 0.15) is 11.1 Å². The quantitative estimate of drug-likeness (QED) is 0.431. The van der Waals surface area contributed by atoms with Crippen LogP contribution in [0.25, 0.3) is 33.3 Å². The minimum atomic E-state index is -0.428. The number of aromatic hydroxyl groups is 1. The van der Waals surface area contributed by atoms with E-state index in [1.807, 2.05) is 36.4 Å². The molecule has 0 fully saturated rings. The molecular weight excluding hydrogens is 378 g/mol. The van der Waals surface area contributed by atoms with Crippen molar-refractivity contribution in [1.29, 1.82) is 5.26 Å². The Kier molecular flexibility index (Phi) is 4.87. The Bertz CT molecular complexity index is 1360. The molecule has 0 aliphatic rings. The highest BCUT2D eigenvalue weighted by molar-refractivity contribution is 5.95. The lowest BCUT2D eigenvalue weighted by molar-refractivity contribution is 0.374. The molecule has 0 aliphatic carbocycles. The highest BCUT2D eigenvalue weighted by atomic mass is 16.5. The number of aromatic amines is 2. The lowest BCUT2D eigenvalue weighted by Crippen LogP contribution is -2.11. The summed E-state index contributed by atoms with van der Waals surface area (Å²) in [6, 6.07) is 14.8. The first-order valence-corrected chi connectivity index (χ1v) is 9.32. The van der Waals surface area contributed by atoms with Gasteiger partial charge in [0.25, 0.3) is 5.56 Å². The van der Waals surface area contributed by atoms with Crippen molar-refractivity contribution < 1.29 is 9.84 Å². The summed E-state index contributed by atoms with van der Waals surface area (Å²) in [7, 11) is 1.51. The lowest BCUT2D eigenvalue weighted by Gasteiger charge is -2.13. The van der Waals surface area contributed by atoms with Crippen molar-refractivity contribution in [3.05, 3.63) is 82.8 Å². The van der Waals surface area contributed by atoms with Gasteiger partial charge < -0.3 is 19.8 Å². The molecule has 148 valence electrons. The molecule has 2 heterocycles. The van der Waals surface area contributed by atoms with Crippen LogP contribution in [0, 0.1) is 11.3 Å². The maximum atomic E-state index is 12.3. The number of H-pyrrole nitrogens is 2. The average molecular weight is 397 g/mol. The van der Waals surface area contributed by atoms with Crippen molar-refractivity contribution in [2.75, 3.05) is 7.11 Å². The van der Waals surface area contributed by atoms with E-state index >= 15 is 0 Å². The third-order valence-corrected chi connectivity index (χ3v) is 5.05. The average Bonchev–Trinajstić information content (AvgIpc) is 3.22. The Labute approximate surface area is 172 Å². The van der Waals surface area contributed by atoms with Crippen LogP contribution in [0.2, 0.25) is 0 Å². The number of methoxy groups -OCH3 is 1. The van der Waals surface area contributed by atoms with E-state index in [1.165, 1.54) is 7.11 Å². The number of pyridine rings is 1. The minimum absolute atomic E-state index is 0.0511. The summed E-state index contributed by atoms with van der Waals surface area (Å²) in [5.74, 6) is 0.446. The number of hydrogen-bond acceptors (Lipinski definition) is 4. The van der Waals surface area contributed by atoms with Crippen LogP contribution in [-0.4, -0.2) is 22.2 Å². The van der Waals surface area contributed by atoms with Gasteiger partial charge in [-0.15, -0.1) is 6.58 Å². The van der Waals surface area contributed by atoms with Crippen LogP contribution < -0.4 is 10.3 Å². The van der Waals surface area contributed by atoms with Crippen LogP contribution in [0.15, 0.2) is 66.1 Å². The molecule has 4 aromatic rings. The maximum Gasteiger partial charge on any atom is 0.267 e. The van der Waals surface area contributed by atoms with Gasteiger partial charge >= 0.3 is 0 Å². The molecule has 0 saturated carbocycles. The zero-order valence-corrected chi connectivity index (χ0v) is 16.3. The van der Waals surface area contributed by atoms with Gasteiger partial charge in [0.15, 0.2) is 11.5 Å². The van der Waals surface area contributed by atoms with E-state index in [2.05, 4.69) is 16.5 Å². The summed E-state index contributed by atoms with van der Waals surface area (Å²) in [6.45, 7) is 3.76. The Morgan fingerprint density at radius 2 is 1.93 bits per heavy atom. The molecule has 6 heteroatoms. The standard InChI is InChI=1S/C24H19N3O3/c1-3-4-14-11-17(23(28)20(12-14)30-2)15-5-7-16(8-6-15)21-18(13-25)24(29)27-19-9-10-26-22(19)21/h3,5-12,26,28H,1,4H2,2H3,(H,27,29).